The zero-order valence-electron chi connectivity index (χ0n) is 21.1. The zero-order valence-corrected chi connectivity index (χ0v) is 21.1. The summed E-state index contributed by atoms with van der Waals surface area (Å²) in [5, 5.41) is 7.04. The lowest BCUT2D eigenvalue weighted by Gasteiger charge is -2.30. The van der Waals surface area contributed by atoms with Crippen molar-refractivity contribution in [2.45, 2.75) is 31.6 Å². The van der Waals surface area contributed by atoms with Gasteiger partial charge < -0.3 is 30.6 Å². The molecule has 1 amide bonds. The highest BCUT2D eigenvalue weighted by atomic mass is 19.4. The molecule has 202 valence electrons. The highest BCUT2D eigenvalue weighted by molar-refractivity contribution is 5.95. The van der Waals surface area contributed by atoms with E-state index in [9.17, 15) is 22.4 Å². The zero-order chi connectivity index (χ0) is 27.4. The molecule has 1 saturated heterocycles. The van der Waals surface area contributed by atoms with Gasteiger partial charge in [-0.2, -0.15) is 13.2 Å². The first-order valence-corrected chi connectivity index (χ1v) is 12.1. The third-order valence-corrected chi connectivity index (χ3v) is 6.50. The molecule has 1 fully saturated rings. The highest BCUT2D eigenvalue weighted by Gasteiger charge is 2.30. The van der Waals surface area contributed by atoms with Crippen LogP contribution in [0.15, 0.2) is 36.4 Å². The van der Waals surface area contributed by atoms with E-state index in [-0.39, 0.29) is 35.3 Å². The number of aromatic nitrogens is 1. The van der Waals surface area contributed by atoms with Crippen molar-refractivity contribution in [1.29, 1.82) is 0 Å². The number of hydrogen-bond acceptors (Lipinski definition) is 5. The fraction of sp³-hybridized carbons (Fsp3) is 0.370. The first-order chi connectivity index (χ1) is 18.1. The van der Waals surface area contributed by atoms with Crippen LogP contribution in [-0.4, -0.2) is 61.4 Å². The van der Waals surface area contributed by atoms with E-state index in [4.69, 9.17) is 10.5 Å². The maximum atomic E-state index is 14.2. The van der Waals surface area contributed by atoms with Crippen LogP contribution in [0.5, 0.6) is 5.75 Å². The molecular formula is C27H29F4N5O2. The van der Waals surface area contributed by atoms with Gasteiger partial charge in [0.2, 0.25) is 0 Å². The Balaban J connectivity index is 1.60. The number of rotatable bonds is 7. The maximum absolute atomic E-state index is 14.2. The van der Waals surface area contributed by atoms with Crippen LogP contribution in [0.1, 0.15) is 28.9 Å². The molecule has 1 aliphatic rings. The van der Waals surface area contributed by atoms with Gasteiger partial charge in [-0.3, -0.25) is 4.79 Å². The van der Waals surface area contributed by atoms with Crippen molar-refractivity contribution in [1.82, 2.24) is 9.47 Å². The molecule has 0 radical (unpaired) electrons. The number of nitrogens with one attached hydrogen (secondary N) is 2. The fourth-order valence-corrected chi connectivity index (χ4v) is 4.56. The standard InChI is InChI=1S/C27H29F4N5O2/c1-35-11-8-17(9-12-35)34-22-6-3-7-24-20(22)13-18(36(24)16-27(29,30)31)5-4-10-33-23-15-21(28)19(26(32)37)14-25(23)38-2/h3,6-7,13-15,17,33-34H,8-12,16H2,1-2H3,(H2,32,37). The molecule has 0 atom stereocenters. The lowest BCUT2D eigenvalue weighted by Crippen LogP contribution is -2.36. The lowest BCUT2D eigenvalue weighted by molar-refractivity contribution is -0.140. The van der Waals surface area contributed by atoms with Gasteiger partial charge in [0.25, 0.3) is 5.91 Å². The number of anilines is 2. The number of carbonyl (C=O) groups excluding carboxylic acids is 1. The molecule has 4 rings (SSSR count). The molecule has 11 heteroatoms. The lowest BCUT2D eigenvalue weighted by atomic mass is 10.0. The first kappa shape index (κ1) is 27.1. The summed E-state index contributed by atoms with van der Waals surface area (Å²) in [7, 11) is 3.42. The number of amides is 1. The first-order valence-electron chi connectivity index (χ1n) is 12.1. The van der Waals surface area contributed by atoms with Gasteiger partial charge in [0.1, 0.15) is 18.1 Å². The Labute approximate surface area is 217 Å². The number of nitrogens with two attached hydrogens (primary N) is 1. The van der Waals surface area contributed by atoms with Gasteiger partial charge in [-0.1, -0.05) is 12.0 Å². The topological polar surface area (TPSA) is 84.5 Å². The number of nitrogens with zero attached hydrogens (tertiary/aromatic N) is 2. The minimum absolute atomic E-state index is 0.0139. The summed E-state index contributed by atoms with van der Waals surface area (Å²) < 4.78 is 60.9. The second-order valence-electron chi connectivity index (χ2n) is 9.24. The summed E-state index contributed by atoms with van der Waals surface area (Å²) in [5.74, 6) is 4.04. The molecule has 2 aromatic carbocycles. The van der Waals surface area contributed by atoms with Crippen molar-refractivity contribution in [3.8, 4) is 17.6 Å². The normalized spacial score (nSPS) is 14.7. The minimum Gasteiger partial charge on any atom is -0.495 e. The van der Waals surface area contributed by atoms with Crippen molar-refractivity contribution in [2.24, 2.45) is 5.73 Å². The number of alkyl halides is 3. The minimum atomic E-state index is -4.44. The SMILES string of the molecule is COc1cc(C(N)=O)c(F)cc1NCC#Cc1cc2c(NC3CCN(C)CC3)cccc2n1CC(F)(F)F. The smallest absolute Gasteiger partial charge is 0.406 e. The monoisotopic (exact) mass is 531 g/mol. The largest absolute Gasteiger partial charge is 0.495 e. The predicted molar refractivity (Wildman–Crippen MR) is 139 cm³/mol. The summed E-state index contributed by atoms with van der Waals surface area (Å²) in [6.07, 6.45) is -2.55. The Morgan fingerprint density at radius 2 is 1.92 bits per heavy atom. The summed E-state index contributed by atoms with van der Waals surface area (Å²) >= 11 is 0. The van der Waals surface area contributed by atoms with Crippen molar-refractivity contribution >= 4 is 28.2 Å². The van der Waals surface area contributed by atoms with Crippen LogP contribution < -0.4 is 21.1 Å². The molecule has 7 nitrogen and oxygen atoms in total. The molecule has 38 heavy (non-hydrogen) atoms. The van der Waals surface area contributed by atoms with E-state index in [1.807, 2.05) is 6.07 Å². The van der Waals surface area contributed by atoms with Crippen LogP contribution >= 0.6 is 0 Å². The number of fused-ring (bicyclic) bond motifs is 1. The molecular weight excluding hydrogens is 502 g/mol. The van der Waals surface area contributed by atoms with E-state index in [1.54, 1.807) is 18.2 Å². The van der Waals surface area contributed by atoms with Crippen molar-refractivity contribution in [2.75, 3.05) is 44.4 Å². The van der Waals surface area contributed by atoms with Crippen molar-refractivity contribution in [3.63, 3.8) is 0 Å². The number of piperidine rings is 1. The van der Waals surface area contributed by atoms with Crippen LogP contribution in [0.4, 0.5) is 28.9 Å². The molecule has 0 saturated carbocycles. The number of benzene rings is 2. The van der Waals surface area contributed by atoms with E-state index < -0.39 is 24.4 Å². The number of carbonyl (C=O) groups is 1. The predicted octanol–water partition coefficient (Wildman–Crippen LogP) is 4.42. The fourth-order valence-electron chi connectivity index (χ4n) is 4.56. The average molecular weight is 532 g/mol. The third kappa shape index (κ3) is 6.31. The summed E-state index contributed by atoms with van der Waals surface area (Å²) in [6.45, 7) is 0.706. The number of halogens is 4. The van der Waals surface area contributed by atoms with E-state index in [1.165, 1.54) is 13.2 Å². The summed E-state index contributed by atoms with van der Waals surface area (Å²) in [5.41, 5.74) is 6.49. The number of ether oxygens (including phenoxy) is 1. The average Bonchev–Trinajstić information content (AvgIpc) is 3.19. The van der Waals surface area contributed by atoms with E-state index in [0.29, 0.717) is 10.9 Å². The maximum Gasteiger partial charge on any atom is 0.406 e. The molecule has 4 N–H and O–H groups in total. The van der Waals surface area contributed by atoms with Gasteiger partial charge in [0.05, 0.1) is 36.1 Å². The van der Waals surface area contributed by atoms with E-state index in [2.05, 4.69) is 34.4 Å². The molecule has 0 aliphatic carbocycles. The molecule has 1 aromatic heterocycles. The molecule has 2 heterocycles. The Morgan fingerprint density at radius 1 is 1.18 bits per heavy atom. The van der Waals surface area contributed by atoms with Crippen LogP contribution in [-0.2, 0) is 6.54 Å². The quantitative estimate of drug-likeness (QED) is 0.311. The number of methoxy groups -OCH3 is 1. The summed E-state index contributed by atoms with van der Waals surface area (Å²) in [4.78, 5) is 13.6. The van der Waals surface area contributed by atoms with Gasteiger partial charge in [-0.05, 0) is 63.2 Å². The second kappa shape index (κ2) is 11.2. The van der Waals surface area contributed by atoms with Crippen LogP contribution in [0.2, 0.25) is 0 Å². The Kier molecular flexibility index (Phi) is 8.02. The Morgan fingerprint density at radius 3 is 2.58 bits per heavy atom. The van der Waals surface area contributed by atoms with E-state index in [0.717, 1.165) is 42.3 Å². The van der Waals surface area contributed by atoms with Gasteiger partial charge in [0.15, 0.2) is 0 Å². The van der Waals surface area contributed by atoms with Crippen LogP contribution in [0, 0.1) is 17.7 Å². The number of hydrogen-bond donors (Lipinski definition) is 3. The van der Waals surface area contributed by atoms with Crippen LogP contribution in [0.25, 0.3) is 10.9 Å². The molecule has 0 spiro atoms. The van der Waals surface area contributed by atoms with Gasteiger partial charge in [-0.25, -0.2) is 4.39 Å². The highest BCUT2D eigenvalue weighted by Crippen LogP contribution is 2.31. The van der Waals surface area contributed by atoms with E-state index >= 15 is 0 Å². The molecule has 1 aliphatic heterocycles. The van der Waals surface area contributed by atoms with Crippen molar-refractivity contribution in [3.05, 3.63) is 53.5 Å². The Bertz CT molecular complexity index is 1380. The number of primary amides is 1. The van der Waals surface area contributed by atoms with Gasteiger partial charge in [0, 0.05) is 23.2 Å². The molecule has 0 bridgehead atoms. The second-order valence-corrected chi connectivity index (χ2v) is 9.24. The molecule has 0 unspecified atom stereocenters. The third-order valence-electron chi connectivity index (χ3n) is 6.50. The summed E-state index contributed by atoms with van der Waals surface area (Å²) in [6, 6.07) is 9.38. The van der Waals surface area contributed by atoms with Crippen LogP contribution in [0.3, 0.4) is 0 Å². The number of likely N-dealkylation sites (tertiary alicyclic amines) is 1. The van der Waals surface area contributed by atoms with Gasteiger partial charge >= 0.3 is 6.18 Å². The van der Waals surface area contributed by atoms with Gasteiger partial charge in [-0.15, -0.1) is 0 Å². The Hall–Kier alpha value is -3.91. The molecule has 3 aromatic rings. The van der Waals surface area contributed by atoms with Crippen molar-refractivity contribution < 1.29 is 27.1 Å².